The Labute approximate surface area is 192 Å². The molecule has 0 radical (unpaired) electrons. The van der Waals surface area contributed by atoms with Crippen LogP contribution in [0.4, 0.5) is 8.78 Å². The van der Waals surface area contributed by atoms with Gasteiger partial charge in [-0.25, -0.2) is 8.78 Å². The Hall–Kier alpha value is -2.25. The van der Waals surface area contributed by atoms with Crippen molar-refractivity contribution in [2.75, 3.05) is 38.5 Å². The van der Waals surface area contributed by atoms with Crippen LogP contribution in [0.15, 0.2) is 83.8 Å². The van der Waals surface area contributed by atoms with Gasteiger partial charge in [-0.3, -0.25) is 9.80 Å². The molecular weight excluding hydrogens is 426 g/mol. The summed E-state index contributed by atoms with van der Waals surface area (Å²) in [6.45, 7) is 3.96. The van der Waals surface area contributed by atoms with E-state index in [2.05, 4.69) is 21.9 Å². The number of benzene rings is 3. The molecule has 3 aromatic rings. The zero-order chi connectivity index (χ0) is 22.3. The lowest BCUT2D eigenvalue weighted by Crippen LogP contribution is -2.50. The molecule has 3 nitrogen and oxygen atoms in total. The third-order valence-electron chi connectivity index (χ3n) is 5.80. The molecule has 0 amide bonds. The van der Waals surface area contributed by atoms with Crippen LogP contribution >= 0.6 is 11.8 Å². The highest BCUT2D eigenvalue weighted by Crippen LogP contribution is 2.30. The molecule has 1 saturated heterocycles. The molecule has 0 saturated carbocycles. The Morgan fingerprint density at radius 1 is 0.750 bits per heavy atom. The summed E-state index contributed by atoms with van der Waals surface area (Å²) in [5.74, 6) is 0.135. The molecule has 0 aliphatic carbocycles. The number of halogens is 2. The molecule has 1 N–H and O–H groups in total. The Bertz CT molecular complexity index is 916. The van der Waals surface area contributed by atoms with E-state index in [-0.39, 0.29) is 17.7 Å². The Morgan fingerprint density at radius 3 is 1.81 bits per heavy atom. The number of thioether (sulfide) groups is 1. The van der Waals surface area contributed by atoms with E-state index in [9.17, 15) is 13.9 Å². The van der Waals surface area contributed by atoms with E-state index in [0.29, 0.717) is 12.3 Å². The van der Waals surface area contributed by atoms with Gasteiger partial charge in [-0.2, -0.15) is 0 Å². The number of hydrogen-bond acceptors (Lipinski definition) is 4. The van der Waals surface area contributed by atoms with Gasteiger partial charge in [-0.15, -0.1) is 11.8 Å². The maximum Gasteiger partial charge on any atom is 0.123 e. The standard InChI is InChI=1S/C26H28F2N2OS/c27-22-10-6-20(7-11-22)26(21-8-12-23(28)13-9-21)30-16-14-29(15-17-30)18-24(31)19-32-25-4-2-1-3-5-25/h1-13,24,26,31H,14-19H2. The normalized spacial score (nSPS) is 16.4. The van der Waals surface area contributed by atoms with Gasteiger partial charge in [0.2, 0.25) is 0 Å². The smallest absolute Gasteiger partial charge is 0.123 e. The molecule has 0 bridgehead atoms. The third-order valence-corrected chi connectivity index (χ3v) is 6.95. The third kappa shape index (κ3) is 6.17. The first-order valence-electron chi connectivity index (χ1n) is 10.9. The zero-order valence-corrected chi connectivity index (χ0v) is 18.7. The second kappa shape index (κ2) is 11.1. The minimum absolute atomic E-state index is 0.0584. The summed E-state index contributed by atoms with van der Waals surface area (Å²) in [6, 6.07) is 23.2. The second-order valence-corrected chi connectivity index (χ2v) is 9.21. The molecule has 0 aromatic heterocycles. The lowest BCUT2D eigenvalue weighted by Gasteiger charge is -2.40. The van der Waals surface area contributed by atoms with E-state index >= 15 is 0 Å². The van der Waals surface area contributed by atoms with E-state index in [0.717, 1.165) is 42.2 Å². The Balaban J connectivity index is 1.36. The fourth-order valence-electron chi connectivity index (χ4n) is 4.17. The summed E-state index contributed by atoms with van der Waals surface area (Å²) >= 11 is 1.67. The van der Waals surface area contributed by atoms with Crippen LogP contribution in [-0.2, 0) is 0 Å². The topological polar surface area (TPSA) is 26.7 Å². The number of nitrogens with zero attached hydrogens (tertiary/aromatic N) is 2. The van der Waals surface area contributed by atoms with Gasteiger partial charge in [0.1, 0.15) is 11.6 Å². The first-order valence-corrected chi connectivity index (χ1v) is 11.9. The number of rotatable bonds is 8. The van der Waals surface area contributed by atoms with Crippen LogP contribution in [-0.4, -0.2) is 59.5 Å². The van der Waals surface area contributed by atoms with E-state index in [1.54, 1.807) is 36.0 Å². The van der Waals surface area contributed by atoms with Crippen LogP contribution < -0.4 is 0 Å². The van der Waals surface area contributed by atoms with Crippen molar-refractivity contribution in [2.24, 2.45) is 0 Å². The van der Waals surface area contributed by atoms with Crippen molar-refractivity contribution in [3.8, 4) is 0 Å². The van der Waals surface area contributed by atoms with E-state index in [1.165, 1.54) is 24.3 Å². The molecule has 6 heteroatoms. The van der Waals surface area contributed by atoms with Gasteiger partial charge in [0, 0.05) is 43.4 Å². The first-order chi connectivity index (χ1) is 15.6. The molecule has 1 unspecified atom stereocenters. The van der Waals surface area contributed by atoms with Crippen LogP contribution in [0, 0.1) is 11.6 Å². The largest absolute Gasteiger partial charge is 0.391 e. The molecule has 1 aliphatic heterocycles. The van der Waals surface area contributed by atoms with Gasteiger partial charge in [0.25, 0.3) is 0 Å². The Morgan fingerprint density at radius 2 is 1.28 bits per heavy atom. The highest BCUT2D eigenvalue weighted by Gasteiger charge is 2.27. The minimum atomic E-state index is -0.392. The predicted molar refractivity (Wildman–Crippen MR) is 126 cm³/mol. The maximum absolute atomic E-state index is 13.5. The molecular formula is C26H28F2N2OS. The average molecular weight is 455 g/mol. The van der Waals surface area contributed by atoms with Gasteiger partial charge < -0.3 is 5.11 Å². The van der Waals surface area contributed by atoms with Crippen molar-refractivity contribution in [1.29, 1.82) is 0 Å². The highest BCUT2D eigenvalue weighted by molar-refractivity contribution is 7.99. The van der Waals surface area contributed by atoms with E-state index in [1.807, 2.05) is 18.2 Å². The summed E-state index contributed by atoms with van der Waals surface area (Å²) in [6.07, 6.45) is -0.392. The van der Waals surface area contributed by atoms with Crippen LogP contribution in [0.3, 0.4) is 0 Å². The van der Waals surface area contributed by atoms with Crippen molar-refractivity contribution in [3.63, 3.8) is 0 Å². The molecule has 1 atom stereocenters. The zero-order valence-electron chi connectivity index (χ0n) is 17.9. The predicted octanol–water partition coefficient (Wildman–Crippen LogP) is 4.83. The van der Waals surface area contributed by atoms with Gasteiger partial charge in [0.05, 0.1) is 12.1 Å². The summed E-state index contributed by atoms with van der Waals surface area (Å²) in [5, 5.41) is 10.5. The minimum Gasteiger partial charge on any atom is -0.391 e. The quantitative estimate of drug-likeness (QED) is 0.494. The van der Waals surface area contributed by atoms with Crippen molar-refractivity contribution in [3.05, 3.63) is 102 Å². The van der Waals surface area contributed by atoms with Gasteiger partial charge >= 0.3 is 0 Å². The molecule has 1 aliphatic rings. The van der Waals surface area contributed by atoms with Crippen LogP contribution in [0.1, 0.15) is 17.2 Å². The molecule has 168 valence electrons. The Kier molecular flexibility index (Phi) is 7.92. The van der Waals surface area contributed by atoms with E-state index in [4.69, 9.17) is 0 Å². The van der Waals surface area contributed by atoms with Crippen LogP contribution in [0.5, 0.6) is 0 Å². The lowest BCUT2D eigenvalue weighted by molar-refractivity contribution is 0.0708. The average Bonchev–Trinajstić information content (AvgIpc) is 2.82. The molecule has 3 aromatic carbocycles. The molecule has 32 heavy (non-hydrogen) atoms. The number of aliphatic hydroxyl groups excluding tert-OH is 1. The summed E-state index contributed by atoms with van der Waals surface area (Å²) in [7, 11) is 0. The molecule has 0 spiro atoms. The molecule has 1 fully saturated rings. The number of hydrogen-bond donors (Lipinski definition) is 1. The van der Waals surface area contributed by atoms with Gasteiger partial charge in [0.15, 0.2) is 0 Å². The van der Waals surface area contributed by atoms with E-state index < -0.39 is 6.10 Å². The SMILES string of the molecule is OC(CSc1ccccc1)CN1CCN(C(c2ccc(F)cc2)c2ccc(F)cc2)CC1. The number of piperazine rings is 1. The maximum atomic E-state index is 13.5. The summed E-state index contributed by atoms with van der Waals surface area (Å²) in [4.78, 5) is 5.80. The first kappa shape index (κ1) is 22.9. The lowest BCUT2D eigenvalue weighted by atomic mass is 9.96. The van der Waals surface area contributed by atoms with Crippen LogP contribution in [0.25, 0.3) is 0 Å². The number of aliphatic hydroxyl groups is 1. The highest BCUT2D eigenvalue weighted by atomic mass is 32.2. The fraction of sp³-hybridized carbons (Fsp3) is 0.308. The number of β-amino-alcohol motifs (C(OH)–C–C–N with tert-alkyl or cyclic N) is 1. The van der Waals surface area contributed by atoms with Crippen molar-refractivity contribution >= 4 is 11.8 Å². The van der Waals surface area contributed by atoms with Crippen molar-refractivity contribution in [1.82, 2.24) is 9.80 Å². The summed E-state index contributed by atoms with van der Waals surface area (Å²) < 4.78 is 27.0. The van der Waals surface area contributed by atoms with Crippen molar-refractivity contribution < 1.29 is 13.9 Å². The second-order valence-electron chi connectivity index (χ2n) is 8.12. The monoisotopic (exact) mass is 454 g/mol. The fourth-order valence-corrected chi connectivity index (χ4v) is 5.01. The van der Waals surface area contributed by atoms with Crippen LogP contribution in [0.2, 0.25) is 0 Å². The molecule has 1 heterocycles. The summed E-state index contributed by atoms with van der Waals surface area (Å²) in [5.41, 5.74) is 1.98. The molecule has 4 rings (SSSR count). The van der Waals surface area contributed by atoms with Gasteiger partial charge in [-0.1, -0.05) is 42.5 Å². The van der Waals surface area contributed by atoms with Crippen molar-refractivity contribution in [2.45, 2.75) is 17.0 Å². The van der Waals surface area contributed by atoms with Gasteiger partial charge in [-0.05, 0) is 47.5 Å².